The van der Waals surface area contributed by atoms with Crippen LogP contribution < -0.4 is 5.32 Å². The summed E-state index contributed by atoms with van der Waals surface area (Å²) in [4.78, 5) is 21.8. The fraction of sp³-hybridized carbons (Fsp3) is 0.150. The molecular formula is C20H18N4OS. The minimum Gasteiger partial charge on any atom is -0.323 e. The maximum atomic E-state index is 12.7. The van der Waals surface area contributed by atoms with Gasteiger partial charge in [-0.3, -0.25) is 9.78 Å². The molecule has 0 fully saturated rings. The maximum Gasteiger partial charge on any atom is 0.244 e. The van der Waals surface area contributed by atoms with E-state index in [0.29, 0.717) is 0 Å². The molecule has 4 aromatic rings. The fourth-order valence-corrected chi connectivity index (χ4v) is 3.56. The van der Waals surface area contributed by atoms with E-state index in [0.717, 1.165) is 39.2 Å². The Morgan fingerprint density at radius 2 is 1.96 bits per heavy atom. The second kappa shape index (κ2) is 7.17. The predicted molar refractivity (Wildman–Crippen MR) is 107 cm³/mol. The monoisotopic (exact) mass is 362 g/mol. The minimum absolute atomic E-state index is 0.0892. The molecule has 2 heterocycles. The van der Waals surface area contributed by atoms with Crippen molar-refractivity contribution in [1.29, 1.82) is 0 Å². The van der Waals surface area contributed by atoms with Crippen molar-refractivity contribution in [2.75, 3.05) is 11.6 Å². The number of pyridine rings is 1. The van der Waals surface area contributed by atoms with Gasteiger partial charge in [0.1, 0.15) is 12.4 Å². The lowest BCUT2D eigenvalue weighted by atomic mass is 10.2. The molecule has 0 aliphatic heterocycles. The fourth-order valence-electron chi connectivity index (χ4n) is 3.08. The Kier molecular flexibility index (Phi) is 4.58. The molecule has 0 bridgehead atoms. The molecule has 5 nitrogen and oxygen atoms in total. The van der Waals surface area contributed by atoms with Crippen molar-refractivity contribution in [3.8, 4) is 0 Å². The molecule has 1 N–H and O–H groups in total. The number of carbonyl (C=O) groups excluding carboxylic acids is 1. The highest BCUT2D eigenvalue weighted by Gasteiger charge is 2.14. The van der Waals surface area contributed by atoms with Gasteiger partial charge in [-0.15, -0.1) is 0 Å². The van der Waals surface area contributed by atoms with E-state index in [-0.39, 0.29) is 12.5 Å². The Morgan fingerprint density at radius 1 is 1.12 bits per heavy atom. The SMILES string of the molecule is CSCc1nc2ccccc2n1CC(=O)Nc1cccc2cccnc12. The van der Waals surface area contributed by atoms with Crippen molar-refractivity contribution in [3.63, 3.8) is 0 Å². The molecule has 0 aliphatic carbocycles. The van der Waals surface area contributed by atoms with E-state index >= 15 is 0 Å². The van der Waals surface area contributed by atoms with E-state index in [1.807, 2.05) is 65.4 Å². The number of hydrogen-bond donors (Lipinski definition) is 1. The molecule has 0 saturated heterocycles. The topological polar surface area (TPSA) is 59.8 Å². The Morgan fingerprint density at radius 3 is 2.85 bits per heavy atom. The molecule has 130 valence electrons. The first-order valence-electron chi connectivity index (χ1n) is 8.33. The number of nitrogens with zero attached hydrogens (tertiary/aromatic N) is 3. The Hall–Kier alpha value is -2.86. The summed E-state index contributed by atoms with van der Waals surface area (Å²) in [6.07, 6.45) is 3.77. The molecular weight excluding hydrogens is 344 g/mol. The Labute approximate surface area is 155 Å². The summed E-state index contributed by atoms with van der Waals surface area (Å²) in [6, 6.07) is 17.6. The first kappa shape index (κ1) is 16.6. The lowest BCUT2D eigenvalue weighted by Gasteiger charge is -2.11. The molecule has 0 unspecified atom stereocenters. The second-order valence-corrected chi connectivity index (χ2v) is 6.83. The van der Waals surface area contributed by atoms with E-state index in [1.54, 1.807) is 18.0 Å². The van der Waals surface area contributed by atoms with Crippen LogP contribution in [0.25, 0.3) is 21.9 Å². The van der Waals surface area contributed by atoms with Crippen molar-refractivity contribution in [3.05, 3.63) is 66.6 Å². The van der Waals surface area contributed by atoms with Gasteiger partial charge in [0.2, 0.25) is 5.91 Å². The molecule has 4 rings (SSSR count). The van der Waals surface area contributed by atoms with Crippen LogP contribution >= 0.6 is 11.8 Å². The molecule has 0 radical (unpaired) electrons. The van der Waals surface area contributed by atoms with Crippen LogP contribution in [0.15, 0.2) is 60.8 Å². The molecule has 6 heteroatoms. The number of thioether (sulfide) groups is 1. The standard InChI is InChI=1S/C20H18N4OS/c1-26-13-18-22-15-8-2-3-10-17(15)24(18)12-19(25)23-16-9-4-6-14-7-5-11-21-20(14)16/h2-11H,12-13H2,1H3,(H,23,25). The molecule has 0 aliphatic rings. The van der Waals surface area contributed by atoms with Crippen LogP contribution in [0.2, 0.25) is 0 Å². The van der Waals surface area contributed by atoms with Crippen LogP contribution in [0.4, 0.5) is 5.69 Å². The van der Waals surface area contributed by atoms with Crippen LogP contribution in [0.5, 0.6) is 0 Å². The zero-order valence-electron chi connectivity index (χ0n) is 14.3. The average Bonchev–Trinajstić information content (AvgIpc) is 3.00. The van der Waals surface area contributed by atoms with E-state index in [2.05, 4.69) is 15.3 Å². The van der Waals surface area contributed by atoms with Gasteiger partial charge in [0, 0.05) is 11.6 Å². The van der Waals surface area contributed by atoms with Crippen molar-refractivity contribution < 1.29 is 4.79 Å². The lowest BCUT2D eigenvalue weighted by Crippen LogP contribution is -2.20. The van der Waals surface area contributed by atoms with Crippen LogP contribution in [0.3, 0.4) is 0 Å². The largest absolute Gasteiger partial charge is 0.323 e. The van der Waals surface area contributed by atoms with Gasteiger partial charge in [0.15, 0.2) is 0 Å². The number of anilines is 1. The van der Waals surface area contributed by atoms with Gasteiger partial charge < -0.3 is 9.88 Å². The highest BCUT2D eigenvalue weighted by Crippen LogP contribution is 2.22. The van der Waals surface area contributed by atoms with E-state index in [4.69, 9.17) is 0 Å². The van der Waals surface area contributed by atoms with Gasteiger partial charge in [-0.25, -0.2) is 4.98 Å². The number of benzene rings is 2. The third-order valence-electron chi connectivity index (χ3n) is 4.22. The molecule has 0 saturated carbocycles. The number of imidazole rings is 1. The molecule has 2 aromatic heterocycles. The molecule has 1 amide bonds. The summed E-state index contributed by atoms with van der Waals surface area (Å²) >= 11 is 1.69. The van der Waals surface area contributed by atoms with Crippen LogP contribution in [0, 0.1) is 0 Å². The smallest absolute Gasteiger partial charge is 0.244 e. The molecule has 26 heavy (non-hydrogen) atoms. The molecule has 2 aromatic carbocycles. The normalized spacial score (nSPS) is 11.1. The summed E-state index contributed by atoms with van der Waals surface area (Å²) in [5, 5.41) is 4.00. The number of carbonyl (C=O) groups is 1. The number of para-hydroxylation sites is 3. The number of amides is 1. The zero-order valence-corrected chi connectivity index (χ0v) is 15.2. The van der Waals surface area contributed by atoms with Gasteiger partial charge in [-0.05, 0) is 30.5 Å². The van der Waals surface area contributed by atoms with Gasteiger partial charge in [-0.2, -0.15) is 11.8 Å². The summed E-state index contributed by atoms with van der Waals surface area (Å²) in [7, 11) is 0. The molecule has 0 atom stereocenters. The minimum atomic E-state index is -0.0892. The first-order chi connectivity index (χ1) is 12.8. The van der Waals surface area contributed by atoms with Crippen LogP contribution in [-0.4, -0.2) is 26.7 Å². The van der Waals surface area contributed by atoms with Gasteiger partial charge in [0.05, 0.1) is 28.0 Å². The maximum absolute atomic E-state index is 12.7. The van der Waals surface area contributed by atoms with Gasteiger partial charge in [-0.1, -0.05) is 30.3 Å². The highest BCUT2D eigenvalue weighted by molar-refractivity contribution is 7.97. The zero-order chi connectivity index (χ0) is 17.9. The number of rotatable bonds is 5. The highest BCUT2D eigenvalue weighted by atomic mass is 32.2. The lowest BCUT2D eigenvalue weighted by molar-refractivity contribution is -0.116. The third-order valence-corrected chi connectivity index (χ3v) is 4.76. The first-order valence-corrected chi connectivity index (χ1v) is 9.72. The van der Waals surface area contributed by atoms with Crippen molar-refractivity contribution >= 4 is 45.3 Å². The predicted octanol–water partition coefficient (Wildman–Crippen LogP) is 4.09. The van der Waals surface area contributed by atoms with Crippen LogP contribution in [0.1, 0.15) is 5.82 Å². The Bertz CT molecular complexity index is 1080. The van der Waals surface area contributed by atoms with Crippen molar-refractivity contribution in [2.24, 2.45) is 0 Å². The number of nitrogens with one attached hydrogen (secondary N) is 1. The number of aromatic nitrogens is 3. The summed E-state index contributed by atoms with van der Waals surface area (Å²) in [6.45, 7) is 0.222. The van der Waals surface area contributed by atoms with E-state index < -0.39 is 0 Å². The quantitative estimate of drug-likeness (QED) is 0.581. The number of fused-ring (bicyclic) bond motifs is 2. The third kappa shape index (κ3) is 3.15. The summed E-state index contributed by atoms with van der Waals surface area (Å²) < 4.78 is 1.99. The van der Waals surface area contributed by atoms with Gasteiger partial charge in [0.25, 0.3) is 0 Å². The van der Waals surface area contributed by atoms with E-state index in [9.17, 15) is 4.79 Å². The molecule has 0 spiro atoms. The van der Waals surface area contributed by atoms with E-state index in [1.165, 1.54) is 0 Å². The van der Waals surface area contributed by atoms with Crippen molar-refractivity contribution in [2.45, 2.75) is 12.3 Å². The number of hydrogen-bond acceptors (Lipinski definition) is 4. The van der Waals surface area contributed by atoms with Crippen molar-refractivity contribution in [1.82, 2.24) is 14.5 Å². The van der Waals surface area contributed by atoms with Gasteiger partial charge >= 0.3 is 0 Å². The summed E-state index contributed by atoms with van der Waals surface area (Å²) in [5.41, 5.74) is 3.41. The second-order valence-electron chi connectivity index (χ2n) is 5.96. The average molecular weight is 362 g/mol. The Balaban J connectivity index is 1.64. The summed E-state index contributed by atoms with van der Waals surface area (Å²) in [5.74, 6) is 1.58. The van der Waals surface area contributed by atoms with Crippen LogP contribution in [-0.2, 0) is 17.1 Å².